The monoisotopic (exact) mass is 344 g/mol. The summed E-state index contributed by atoms with van der Waals surface area (Å²) in [5.41, 5.74) is 1.24. The second-order valence-electron chi connectivity index (χ2n) is 5.92. The molecule has 120 valence electrons. The van der Waals surface area contributed by atoms with Gasteiger partial charge in [0.15, 0.2) is 9.90 Å². The minimum absolute atomic E-state index is 0.0208. The highest BCUT2D eigenvalue weighted by Crippen LogP contribution is 2.48. The van der Waals surface area contributed by atoms with Crippen LogP contribution in [0.15, 0.2) is 9.72 Å². The summed E-state index contributed by atoms with van der Waals surface area (Å²) in [5, 5.41) is 0. The molecule has 0 radical (unpaired) electrons. The molecule has 1 aromatic rings. The number of sulfonamides is 1. The first-order valence-corrected chi connectivity index (χ1v) is 9.51. The fourth-order valence-electron chi connectivity index (χ4n) is 3.89. The van der Waals surface area contributed by atoms with E-state index >= 15 is 0 Å². The van der Waals surface area contributed by atoms with Crippen LogP contribution in [0, 0.1) is 11.8 Å². The molecule has 0 amide bonds. The number of carbonyl (C=O) groups excluding carboxylic acids is 1. The van der Waals surface area contributed by atoms with Gasteiger partial charge in [0.2, 0.25) is 0 Å². The maximum Gasteiger partial charge on any atom is 0.358 e. The Labute approximate surface area is 132 Å². The van der Waals surface area contributed by atoms with E-state index in [9.17, 15) is 13.2 Å². The van der Waals surface area contributed by atoms with Gasteiger partial charge in [-0.3, -0.25) is 0 Å². The number of esters is 1. The van der Waals surface area contributed by atoms with Crippen molar-refractivity contribution < 1.29 is 22.7 Å². The molecular formula is C13H16N2O5S2. The number of aromatic nitrogens is 1. The maximum atomic E-state index is 12.8. The van der Waals surface area contributed by atoms with E-state index in [0.717, 1.165) is 24.2 Å². The van der Waals surface area contributed by atoms with Crippen molar-refractivity contribution >= 4 is 27.3 Å². The second kappa shape index (κ2) is 4.98. The van der Waals surface area contributed by atoms with Gasteiger partial charge >= 0.3 is 5.97 Å². The number of rotatable bonds is 3. The lowest BCUT2D eigenvalue weighted by Crippen LogP contribution is -2.32. The number of thiazole rings is 1. The highest BCUT2D eigenvalue weighted by molar-refractivity contribution is 7.91. The van der Waals surface area contributed by atoms with Gasteiger partial charge in [0.1, 0.15) is 0 Å². The van der Waals surface area contributed by atoms with Gasteiger partial charge < -0.3 is 9.47 Å². The first-order chi connectivity index (χ1) is 10.5. The SMILES string of the molecule is COC(=O)c1ncsc1S(=O)(=O)N1CC2C3CCC(O3)C2C1. The average molecular weight is 344 g/mol. The Bertz CT molecular complexity index is 698. The Morgan fingerprint density at radius 3 is 2.59 bits per heavy atom. The molecule has 7 nitrogen and oxygen atoms in total. The summed E-state index contributed by atoms with van der Waals surface area (Å²) in [5.74, 6) is -0.159. The molecule has 4 heterocycles. The van der Waals surface area contributed by atoms with E-state index in [1.165, 1.54) is 16.9 Å². The van der Waals surface area contributed by atoms with Gasteiger partial charge in [0, 0.05) is 24.9 Å². The van der Waals surface area contributed by atoms with Gasteiger partial charge in [-0.05, 0) is 12.8 Å². The maximum absolute atomic E-state index is 12.8. The van der Waals surface area contributed by atoms with Crippen molar-refractivity contribution in [3.8, 4) is 0 Å². The summed E-state index contributed by atoms with van der Waals surface area (Å²) < 4.78 is 37.6. The molecule has 4 unspecified atom stereocenters. The Kier molecular flexibility index (Phi) is 3.30. The molecule has 0 N–H and O–H groups in total. The van der Waals surface area contributed by atoms with Gasteiger partial charge in [0.25, 0.3) is 10.0 Å². The van der Waals surface area contributed by atoms with Crippen LogP contribution < -0.4 is 0 Å². The van der Waals surface area contributed by atoms with E-state index in [0.29, 0.717) is 13.1 Å². The number of hydrogen-bond donors (Lipinski definition) is 0. The third-order valence-corrected chi connectivity index (χ3v) is 8.09. The van der Waals surface area contributed by atoms with Crippen LogP contribution in [-0.2, 0) is 19.5 Å². The van der Waals surface area contributed by atoms with E-state index in [-0.39, 0.29) is 33.9 Å². The summed E-state index contributed by atoms with van der Waals surface area (Å²) in [6, 6.07) is 0. The van der Waals surface area contributed by atoms with Crippen molar-refractivity contribution in [1.82, 2.24) is 9.29 Å². The molecule has 0 aliphatic carbocycles. The predicted molar refractivity (Wildman–Crippen MR) is 77.1 cm³/mol. The average Bonchev–Trinajstić information content (AvgIpc) is 3.26. The highest BCUT2D eigenvalue weighted by Gasteiger charge is 2.55. The van der Waals surface area contributed by atoms with E-state index in [1.807, 2.05) is 0 Å². The molecule has 0 spiro atoms. The molecule has 2 bridgehead atoms. The Balaban J connectivity index is 1.63. The molecular weight excluding hydrogens is 328 g/mol. The lowest BCUT2D eigenvalue weighted by atomic mass is 9.82. The topological polar surface area (TPSA) is 85.8 Å². The molecule has 0 saturated carbocycles. The molecule has 0 aromatic carbocycles. The van der Waals surface area contributed by atoms with Crippen LogP contribution in [0.25, 0.3) is 0 Å². The van der Waals surface area contributed by atoms with Gasteiger partial charge in [-0.1, -0.05) is 0 Å². The van der Waals surface area contributed by atoms with Crippen molar-refractivity contribution in [2.45, 2.75) is 29.3 Å². The zero-order valence-electron chi connectivity index (χ0n) is 12.0. The minimum Gasteiger partial charge on any atom is -0.464 e. The Morgan fingerprint density at radius 2 is 2.00 bits per heavy atom. The molecule has 4 rings (SSSR count). The number of hydrogen-bond acceptors (Lipinski definition) is 7. The van der Waals surface area contributed by atoms with Crippen molar-refractivity contribution in [2.24, 2.45) is 11.8 Å². The van der Waals surface area contributed by atoms with Gasteiger partial charge in [-0.2, -0.15) is 4.31 Å². The minimum atomic E-state index is -3.71. The number of fused-ring (bicyclic) bond motifs is 5. The quantitative estimate of drug-likeness (QED) is 0.752. The third-order valence-electron chi connectivity index (χ3n) is 4.91. The van der Waals surface area contributed by atoms with Crippen molar-refractivity contribution in [2.75, 3.05) is 20.2 Å². The largest absolute Gasteiger partial charge is 0.464 e. The van der Waals surface area contributed by atoms with E-state index in [1.54, 1.807) is 0 Å². The molecule has 4 atom stereocenters. The molecule has 3 fully saturated rings. The summed E-state index contributed by atoms with van der Waals surface area (Å²) in [4.78, 5) is 15.5. The normalized spacial score (nSPS) is 34.0. The van der Waals surface area contributed by atoms with Crippen LogP contribution in [0.1, 0.15) is 23.3 Å². The summed E-state index contributed by atoms with van der Waals surface area (Å²) >= 11 is 0.960. The standard InChI is InChI=1S/C13H16N2O5S2/c1-19-12(16)11-13(21-6-14-11)22(17,18)15-4-7-8(5-15)10-3-2-9(7)20-10/h6-10H,2-5H2,1H3. The van der Waals surface area contributed by atoms with Crippen LogP contribution in [0.3, 0.4) is 0 Å². The fraction of sp³-hybridized carbons (Fsp3) is 0.692. The molecule has 22 heavy (non-hydrogen) atoms. The fourth-order valence-corrected chi connectivity index (χ4v) is 6.67. The molecule has 3 aliphatic rings. The summed E-state index contributed by atoms with van der Waals surface area (Å²) in [6.45, 7) is 0.930. The molecule has 9 heteroatoms. The van der Waals surface area contributed by atoms with E-state index in [4.69, 9.17) is 4.74 Å². The van der Waals surface area contributed by atoms with Gasteiger partial charge in [-0.15, -0.1) is 11.3 Å². The van der Waals surface area contributed by atoms with Crippen LogP contribution in [0.4, 0.5) is 0 Å². The second-order valence-corrected chi connectivity index (χ2v) is 8.91. The summed E-state index contributed by atoms with van der Waals surface area (Å²) in [7, 11) is -2.49. The smallest absolute Gasteiger partial charge is 0.358 e. The van der Waals surface area contributed by atoms with Crippen LogP contribution in [-0.4, -0.2) is 56.1 Å². The lowest BCUT2D eigenvalue weighted by Gasteiger charge is -2.18. The first-order valence-electron chi connectivity index (χ1n) is 7.20. The molecule has 1 aromatic heterocycles. The van der Waals surface area contributed by atoms with E-state index in [2.05, 4.69) is 9.72 Å². The van der Waals surface area contributed by atoms with E-state index < -0.39 is 16.0 Å². The zero-order valence-corrected chi connectivity index (χ0v) is 13.6. The van der Waals surface area contributed by atoms with Crippen LogP contribution >= 0.6 is 11.3 Å². The van der Waals surface area contributed by atoms with Crippen molar-refractivity contribution in [3.05, 3.63) is 11.2 Å². The predicted octanol–water partition coefficient (Wildman–Crippen LogP) is 0.728. The zero-order chi connectivity index (χ0) is 15.5. The number of ether oxygens (including phenoxy) is 2. The highest BCUT2D eigenvalue weighted by atomic mass is 32.2. The number of methoxy groups -OCH3 is 1. The van der Waals surface area contributed by atoms with Crippen LogP contribution in [0.5, 0.6) is 0 Å². The lowest BCUT2D eigenvalue weighted by molar-refractivity contribution is 0.0590. The molecule has 3 saturated heterocycles. The van der Waals surface area contributed by atoms with Gasteiger partial charge in [0.05, 0.1) is 24.8 Å². The van der Waals surface area contributed by atoms with Gasteiger partial charge in [-0.25, -0.2) is 18.2 Å². The number of nitrogens with zero attached hydrogens (tertiary/aromatic N) is 2. The number of carbonyl (C=O) groups is 1. The van der Waals surface area contributed by atoms with Crippen LogP contribution in [0.2, 0.25) is 0 Å². The third kappa shape index (κ3) is 1.96. The first kappa shape index (κ1) is 14.6. The summed E-state index contributed by atoms with van der Waals surface area (Å²) in [6.07, 6.45) is 2.43. The Hall–Kier alpha value is -1.03. The Morgan fingerprint density at radius 1 is 1.36 bits per heavy atom. The van der Waals surface area contributed by atoms with Crippen molar-refractivity contribution in [1.29, 1.82) is 0 Å². The van der Waals surface area contributed by atoms with Crippen molar-refractivity contribution in [3.63, 3.8) is 0 Å². The molecule has 3 aliphatic heterocycles.